The molecular formula is C9H17NO3. The van der Waals surface area contributed by atoms with Crippen molar-refractivity contribution in [1.82, 2.24) is 5.32 Å². The van der Waals surface area contributed by atoms with Gasteiger partial charge in [0.15, 0.2) is 0 Å². The maximum Gasteiger partial charge on any atom is 0.407 e. The Morgan fingerprint density at radius 2 is 2.54 bits per heavy atom. The van der Waals surface area contributed by atoms with Gasteiger partial charge in [-0.2, -0.15) is 0 Å². The molecule has 0 spiro atoms. The van der Waals surface area contributed by atoms with Gasteiger partial charge in [0.1, 0.15) is 0 Å². The molecule has 76 valence electrons. The fraction of sp³-hybridized carbons (Fsp3) is 0.889. The number of nitrogens with one attached hydrogen (secondary N) is 1. The van der Waals surface area contributed by atoms with Gasteiger partial charge in [0.05, 0.1) is 12.7 Å². The van der Waals surface area contributed by atoms with Crippen molar-refractivity contribution >= 4 is 6.09 Å². The number of carbonyl (C=O) groups excluding carboxylic acids is 1. The molecule has 0 radical (unpaired) electrons. The number of hydrogen-bond acceptors (Lipinski definition) is 3. The predicted molar refractivity (Wildman–Crippen MR) is 48.6 cm³/mol. The van der Waals surface area contributed by atoms with Crippen LogP contribution in [-0.2, 0) is 9.47 Å². The molecule has 1 aliphatic heterocycles. The van der Waals surface area contributed by atoms with E-state index < -0.39 is 0 Å². The van der Waals surface area contributed by atoms with Crippen LogP contribution >= 0.6 is 0 Å². The summed E-state index contributed by atoms with van der Waals surface area (Å²) >= 11 is 0. The average Bonchev–Trinajstić information content (AvgIpc) is 2.57. The van der Waals surface area contributed by atoms with Gasteiger partial charge in [-0.3, -0.25) is 0 Å². The van der Waals surface area contributed by atoms with E-state index in [-0.39, 0.29) is 6.09 Å². The molecule has 1 unspecified atom stereocenters. The Morgan fingerprint density at radius 3 is 3.15 bits per heavy atom. The molecule has 1 heterocycles. The maximum absolute atomic E-state index is 10.8. The lowest BCUT2D eigenvalue weighted by Gasteiger charge is -2.09. The Bertz CT molecular complexity index is 155. The quantitative estimate of drug-likeness (QED) is 0.721. The minimum Gasteiger partial charge on any atom is -0.450 e. The van der Waals surface area contributed by atoms with Crippen LogP contribution in [0.5, 0.6) is 0 Å². The first-order chi connectivity index (χ1) is 6.33. The van der Waals surface area contributed by atoms with Gasteiger partial charge in [0, 0.05) is 13.2 Å². The van der Waals surface area contributed by atoms with Gasteiger partial charge in [0.2, 0.25) is 0 Å². The highest BCUT2D eigenvalue weighted by molar-refractivity contribution is 5.66. The third-order valence-electron chi connectivity index (χ3n) is 2.04. The summed E-state index contributed by atoms with van der Waals surface area (Å²) in [7, 11) is 0. The number of rotatable bonds is 4. The van der Waals surface area contributed by atoms with Gasteiger partial charge >= 0.3 is 6.09 Å². The molecule has 0 saturated carbocycles. The van der Waals surface area contributed by atoms with Gasteiger partial charge in [-0.1, -0.05) is 0 Å². The third kappa shape index (κ3) is 4.12. The first-order valence-corrected chi connectivity index (χ1v) is 4.85. The zero-order valence-electron chi connectivity index (χ0n) is 8.04. The van der Waals surface area contributed by atoms with Gasteiger partial charge in [-0.05, 0) is 26.2 Å². The molecule has 1 atom stereocenters. The zero-order valence-corrected chi connectivity index (χ0v) is 8.04. The summed E-state index contributed by atoms with van der Waals surface area (Å²) in [5.74, 6) is 0. The van der Waals surface area contributed by atoms with Crippen molar-refractivity contribution in [3.05, 3.63) is 0 Å². The van der Waals surface area contributed by atoms with Crippen molar-refractivity contribution in [2.75, 3.05) is 19.8 Å². The number of alkyl carbamates (subject to hydrolysis) is 1. The van der Waals surface area contributed by atoms with Crippen LogP contribution < -0.4 is 5.32 Å². The number of hydrogen-bond donors (Lipinski definition) is 1. The molecule has 1 aliphatic rings. The topological polar surface area (TPSA) is 47.6 Å². The molecule has 0 aromatic carbocycles. The lowest BCUT2D eigenvalue weighted by Crippen LogP contribution is -2.27. The number of carbonyl (C=O) groups is 1. The molecule has 4 nitrogen and oxygen atoms in total. The highest BCUT2D eigenvalue weighted by Gasteiger charge is 2.14. The Hall–Kier alpha value is -0.770. The smallest absolute Gasteiger partial charge is 0.407 e. The predicted octanol–water partition coefficient (Wildman–Crippen LogP) is 1.30. The molecule has 0 aliphatic carbocycles. The largest absolute Gasteiger partial charge is 0.450 e. The second kappa shape index (κ2) is 5.80. The Balaban J connectivity index is 1.96. The molecule has 1 fully saturated rings. The van der Waals surface area contributed by atoms with E-state index in [0.717, 1.165) is 25.9 Å². The highest BCUT2D eigenvalue weighted by atomic mass is 16.5. The van der Waals surface area contributed by atoms with Gasteiger partial charge in [0.25, 0.3) is 0 Å². The summed E-state index contributed by atoms with van der Waals surface area (Å²) in [4.78, 5) is 10.8. The summed E-state index contributed by atoms with van der Waals surface area (Å²) in [6.45, 7) is 3.72. The first kappa shape index (κ1) is 10.3. The van der Waals surface area contributed by atoms with E-state index in [0.29, 0.717) is 19.3 Å². The third-order valence-corrected chi connectivity index (χ3v) is 2.04. The summed E-state index contributed by atoms with van der Waals surface area (Å²) in [6, 6.07) is 0. The Morgan fingerprint density at radius 1 is 1.69 bits per heavy atom. The number of amides is 1. The van der Waals surface area contributed by atoms with Crippen LogP contribution in [0.1, 0.15) is 26.2 Å². The Kier molecular flexibility index (Phi) is 4.60. The normalized spacial score (nSPS) is 21.5. The van der Waals surface area contributed by atoms with Crippen molar-refractivity contribution in [3.8, 4) is 0 Å². The monoisotopic (exact) mass is 187 g/mol. The van der Waals surface area contributed by atoms with Crippen LogP contribution in [0, 0.1) is 0 Å². The van der Waals surface area contributed by atoms with Crippen LogP contribution in [0.3, 0.4) is 0 Å². The average molecular weight is 187 g/mol. The van der Waals surface area contributed by atoms with Gasteiger partial charge < -0.3 is 14.8 Å². The van der Waals surface area contributed by atoms with E-state index in [1.807, 2.05) is 0 Å². The molecule has 0 aromatic rings. The summed E-state index contributed by atoms with van der Waals surface area (Å²) in [6.07, 6.45) is 3.15. The van der Waals surface area contributed by atoms with E-state index in [9.17, 15) is 4.79 Å². The van der Waals surface area contributed by atoms with E-state index in [4.69, 9.17) is 9.47 Å². The number of ether oxygens (including phenoxy) is 2. The zero-order chi connectivity index (χ0) is 9.52. The van der Waals surface area contributed by atoms with Crippen LogP contribution in [0.15, 0.2) is 0 Å². The fourth-order valence-corrected chi connectivity index (χ4v) is 1.39. The van der Waals surface area contributed by atoms with Crippen LogP contribution in [-0.4, -0.2) is 32.0 Å². The van der Waals surface area contributed by atoms with E-state index in [1.54, 1.807) is 6.92 Å². The molecular weight excluding hydrogens is 170 g/mol. The molecule has 1 amide bonds. The minimum atomic E-state index is -0.333. The standard InChI is InChI=1S/C9H17NO3/c1-2-12-9(11)10-6-5-8-4-3-7-13-8/h8H,2-7H2,1H3,(H,10,11). The molecule has 13 heavy (non-hydrogen) atoms. The fourth-order valence-electron chi connectivity index (χ4n) is 1.39. The van der Waals surface area contributed by atoms with Gasteiger partial charge in [-0.15, -0.1) is 0 Å². The minimum absolute atomic E-state index is 0.333. The second-order valence-electron chi connectivity index (χ2n) is 3.07. The van der Waals surface area contributed by atoms with E-state index in [1.165, 1.54) is 0 Å². The van der Waals surface area contributed by atoms with Crippen molar-refractivity contribution in [1.29, 1.82) is 0 Å². The summed E-state index contributed by atoms with van der Waals surface area (Å²) in [5.41, 5.74) is 0. The molecule has 0 bridgehead atoms. The molecule has 1 saturated heterocycles. The first-order valence-electron chi connectivity index (χ1n) is 4.85. The lowest BCUT2D eigenvalue weighted by atomic mass is 10.2. The maximum atomic E-state index is 10.8. The van der Waals surface area contributed by atoms with Crippen LogP contribution in [0.2, 0.25) is 0 Å². The molecule has 1 rings (SSSR count). The lowest BCUT2D eigenvalue weighted by molar-refractivity contribution is 0.102. The molecule has 4 heteroatoms. The molecule has 1 N–H and O–H groups in total. The Labute approximate surface area is 78.6 Å². The van der Waals surface area contributed by atoms with Crippen LogP contribution in [0.25, 0.3) is 0 Å². The molecule has 0 aromatic heterocycles. The van der Waals surface area contributed by atoms with Crippen molar-refractivity contribution < 1.29 is 14.3 Å². The van der Waals surface area contributed by atoms with E-state index in [2.05, 4.69) is 5.32 Å². The SMILES string of the molecule is CCOC(=O)NCCC1CCCO1. The van der Waals surface area contributed by atoms with Crippen molar-refractivity contribution in [3.63, 3.8) is 0 Å². The van der Waals surface area contributed by atoms with Gasteiger partial charge in [-0.25, -0.2) is 4.79 Å². The highest BCUT2D eigenvalue weighted by Crippen LogP contribution is 2.14. The van der Waals surface area contributed by atoms with Crippen molar-refractivity contribution in [2.45, 2.75) is 32.3 Å². The summed E-state index contributed by atoms with van der Waals surface area (Å²) < 4.78 is 10.1. The van der Waals surface area contributed by atoms with E-state index >= 15 is 0 Å². The second-order valence-corrected chi connectivity index (χ2v) is 3.07. The van der Waals surface area contributed by atoms with Crippen molar-refractivity contribution in [2.24, 2.45) is 0 Å². The van der Waals surface area contributed by atoms with Crippen LogP contribution in [0.4, 0.5) is 4.79 Å². The summed E-state index contributed by atoms with van der Waals surface area (Å²) in [5, 5.41) is 2.67.